The van der Waals surface area contributed by atoms with Gasteiger partial charge in [0.1, 0.15) is 17.1 Å². The average Bonchev–Trinajstić information content (AvgIpc) is 2.95. The number of carbonyl (C=O) groups is 1. The lowest BCUT2D eigenvalue weighted by Gasteiger charge is -2.08. The maximum absolute atomic E-state index is 12.4. The van der Waals surface area contributed by atoms with Crippen LogP contribution in [0, 0.1) is 11.8 Å². The van der Waals surface area contributed by atoms with Crippen molar-refractivity contribution in [1.29, 1.82) is 0 Å². The van der Waals surface area contributed by atoms with E-state index in [0.717, 1.165) is 11.8 Å². The highest BCUT2D eigenvalue weighted by Gasteiger charge is 2.31. The second-order valence-electron chi connectivity index (χ2n) is 5.69. The van der Waals surface area contributed by atoms with Crippen molar-refractivity contribution >= 4 is 35.0 Å². The van der Waals surface area contributed by atoms with Crippen LogP contribution in [0.3, 0.4) is 0 Å². The molecule has 0 unspecified atom stereocenters. The van der Waals surface area contributed by atoms with Crippen LogP contribution in [0.4, 0.5) is 13.2 Å². The number of hydrogen-bond acceptors (Lipinski definition) is 4. The van der Waals surface area contributed by atoms with E-state index < -0.39 is 12.3 Å². The quantitative estimate of drug-likeness (QED) is 0.587. The largest absolute Gasteiger partial charge is 0.573 e. The summed E-state index contributed by atoms with van der Waals surface area (Å²) in [5, 5.41) is 9.26. The molecular weight excluding hydrogens is 429 g/mol. The Labute approximate surface area is 172 Å². The topological polar surface area (TPSA) is 63.8 Å². The van der Waals surface area contributed by atoms with Gasteiger partial charge in [-0.25, -0.2) is 4.98 Å². The van der Waals surface area contributed by atoms with Gasteiger partial charge in [0.05, 0.1) is 16.5 Å². The molecule has 1 aromatic carbocycles. The number of benzene rings is 1. The fourth-order valence-electron chi connectivity index (χ4n) is 2.44. The van der Waals surface area contributed by atoms with E-state index >= 15 is 0 Å². The predicted octanol–water partition coefficient (Wildman–Crippen LogP) is 4.60. The van der Waals surface area contributed by atoms with Gasteiger partial charge >= 0.3 is 12.3 Å². The number of ether oxygens (including phenoxy) is 1. The number of imidazole rings is 1. The molecule has 0 atom stereocenters. The molecule has 150 valence electrons. The van der Waals surface area contributed by atoms with Crippen LogP contribution in [0.15, 0.2) is 42.6 Å². The maximum Gasteiger partial charge on any atom is 0.573 e. The van der Waals surface area contributed by atoms with Gasteiger partial charge in [0.15, 0.2) is 0 Å². The molecule has 0 saturated heterocycles. The van der Waals surface area contributed by atoms with Crippen molar-refractivity contribution in [2.45, 2.75) is 12.1 Å². The predicted molar refractivity (Wildman–Crippen MR) is 103 cm³/mol. The Morgan fingerprint density at radius 1 is 1.28 bits per heavy atom. The number of halogens is 4. The van der Waals surface area contributed by atoms with Gasteiger partial charge in [0.2, 0.25) is 0 Å². The van der Waals surface area contributed by atoms with Gasteiger partial charge < -0.3 is 9.84 Å². The summed E-state index contributed by atoms with van der Waals surface area (Å²) < 4.78 is 42.7. The molecule has 3 rings (SSSR count). The molecule has 0 spiro atoms. The van der Waals surface area contributed by atoms with Crippen molar-refractivity contribution in [3.63, 3.8) is 0 Å². The van der Waals surface area contributed by atoms with E-state index in [-0.39, 0.29) is 11.5 Å². The summed E-state index contributed by atoms with van der Waals surface area (Å²) in [6.07, 6.45) is -3.18. The number of fused-ring (bicyclic) bond motifs is 1. The number of aliphatic carboxylic acids is 1. The van der Waals surface area contributed by atoms with E-state index in [1.165, 1.54) is 18.2 Å². The molecule has 10 heteroatoms. The van der Waals surface area contributed by atoms with Gasteiger partial charge in [-0.3, -0.25) is 9.20 Å². The Morgan fingerprint density at radius 3 is 2.79 bits per heavy atom. The van der Waals surface area contributed by atoms with Crippen LogP contribution in [0.1, 0.15) is 17.0 Å². The van der Waals surface area contributed by atoms with E-state index in [4.69, 9.17) is 16.7 Å². The molecule has 0 bridgehead atoms. The van der Waals surface area contributed by atoms with Gasteiger partial charge in [-0.15, -0.1) is 24.9 Å². The Balaban J connectivity index is 1.96. The van der Waals surface area contributed by atoms with Crippen LogP contribution >= 0.6 is 23.4 Å². The minimum atomic E-state index is -4.79. The molecule has 2 heterocycles. The smallest absolute Gasteiger partial charge is 0.481 e. The normalized spacial score (nSPS) is 11.2. The fraction of sp³-hybridized carbons (Fsp3) is 0.158. The molecular formula is C19H12ClF3N2O3S. The van der Waals surface area contributed by atoms with Crippen molar-refractivity contribution in [2.24, 2.45) is 0 Å². The first kappa shape index (κ1) is 20.9. The number of alkyl halides is 3. The minimum Gasteiger partial charge on any atom is -0.481 e. The third-order valence-electron chi connectivity index (χ3n) is 3.51. The zero-order valence-electron chi connectivity index (χ0n) is 14.5. The molecule has 0 aliphatic heterocycles. The van der Waals surface area contributed by atoms with Crippen LogP contribution in [-0.2, 0) is 10.5 Å². The molecule has 0 fully saturated rings. The summed E-state index contributed by atoms with van der Waals surface area (Å²) in [7, 11) is 0. The van der Waals surface area contributed by atoms with Gasteiger partial charge in [0, 0.05) is 17.5 Å². The second kappa shape index (κ2) is 8.68. The SMILES string of the molecule is O=C(O)CSCc1nc2ccc(Cl)cn2c1C#Cc1cccc(OC(F)(F)F)c1. The van der Waals surface area contributed by atoms with Gasteiger partial charge in [-0.1, -0.05) is 23.6 Å². The Morgan fingerprint density at radius 2 is 2.07 bits per heavy atom. The molecule has 1 N–H and O–H groups in total. The maximum atomic E-state index is 12.4. The monoisotopic (exact) mass is 440 g/mol. The lowest BCUT2D eigenvalue weighted by atomic mass is 10.2. The van der Waals surface area contributed by atoms with E-state index in [1.54, 1.807) is 28.8 Å². The first-order valence-electron chi connectivity index (χ1n) is 8.05. The molecule has 0 aliphatic rings. The minimum absolute atomic E-state index is 0.0989. The fourth-order valence-corrected chi connectivity index (χ4v) is 3.27. The van der Waals surface area contributed by atoms with Crippen LogP contribution in [0.2, 0.25) is 5.02 Å². The summed E-state index contributed by atoms with van der Waals surface area (Å²) in [6, 6.07) is 8.66. The number of aromatic nitrogens is 2. The summed E-state index contributed by atoms with van der Waals surface area (Å²) >= 11 is 7.20. The second-order valence-corrected chi connectivity index (χ2v) is 7.12. The van der Waals surface area contributed by atoms with E-state index in [9.17, 15) is 18.0 Å². The average molecular weight is 441 g/mol. The number of carboxylic acids is 1. The highest BCUT2D eigenvalue weighted by Crippen LogP contribution is 2.24. The third-order valence-corrected chi connectivity index (χ3v) is 4.66. The van der Waals surface area contributed by atoms with Crippen molar-refractivity contribution in [2.75, 3.05) is 5.75 Å². The van der Waals surface area contributed by atoms with Crippen molar-refractivity contribution < 1.29 is 27.8 Å². The van der Waals surface area contributed by atoms with Crippen LogP contribution < -0.4 is 4.74 Å². The summed E-state index contributed by atoms with van der Waals surface area (Å²) in [5.74, 6) is 4.58. The van der Waals surface area contributed by atoms with Crippen LogP contribution in [0.25, 0.3) is 5.65 Å². The van der Waals surface area contributed by atoms with Crippen molar-refractivity contribution in [3.05, 3.63) is 64.6 Å². The van der Waals surface area contributed by atoms with Crippen molar-refractivity contribution in [1.82, 2.24) is 9.38 Å². The first-order chi connectivity index (χ1) is 13.7. The molecule has 0 saturated carbocycles. The first-order valence-corrected chi connectivity index (χ1v) is 9.58. The summed E-state index contributed by atoms with van der Waals surface area (Å²) in [5.41, 5.74) is 1.91. The van der Waals surface area contributed by atoms with Crippen LogP contribution in [-0.4, -0.2) is 32.6 Å². The molecule has 0 radical (unpaired) electrons. The highest BCUT2D eigenvalue weighted by molar-refractivity contribution is 7.99. The molecule has 2 aromatic heterocycles. The number of hydrogen-bond donors (Lipinski definition) is 1. The number of thioether (sulfide) groups is 1. The van der Waals surface area contributed by atoms with Crippen molar-refractivity contribution in [3.8, 4) is 17.6 Å². The zero-order chi connectivity index (χ0) is 21.0. The number of nitrogens with zero attached hydrogens (tertiary/aromatic N) is 2. The number of carboxylic acid groups (broad SMARTS) is 1. The standard InChI is InChI=1S/C19H12ClF3N2O3S/c20-13-5-7-17-24-15(10-29-11-18(26)27)16(25(17)9-13)6-4-12-2-1-3-14(8-12)28-19(21,22)23/h1-3,5,7-9H,10-11H2,(H,26,27). The zero-order valence-corrected chi connectivity index (χ0v) is 16.1. The molecule has 0 aliphatic carbocycles. The van der Waals surface area contributed by atoms with Gasteiger partial charge in [-0.05, 0) is 36.3 Å². The molecule has 0 amide bonds. The summed E-state index contributed by atoms with van der Waals surface area (Å²) in [4.78, 5) is 15.2. The molecule has 29 heavy (non-hydrogen) atoms. The van der Waals surface area contributed by atoms with Gasteiger partial charge in [0.25, 0.3) is 0 Å². The van der Waals surface area contributed by atoms with E-state index in [1.807, 2.05) is 0 Å². The Hall–Kier alpha value is -2.83. The number of rotatable bonds is 5. The Kier molecular flexibility index (Phi) is 6.25. The highest BCUT2D eigenvalue weighted by atomic mass is 35.5. The number of pyridine rings is 1. The molecule has 3 aromatic rings. The summed E-state index contributed by atoms with van der Waals surface area (Å²) in [6.45, 7) is 0. The van der Waals surface area contributed by atoms with Gasteiger partial charge in [-0.2, -0.15) is 0 Å². The van der Waals surface area contributed by atoms with E-state index in [2.05, 4.69) is 21.6 Å². The Bertz CT molecular complexity index is 1120. The van der Waals surface area contributed by atoms with Crippen LogP contribution in [0.5, 0.6) is 5.75 Å². The third kappa shape index (κ3) is 5.82. The van der Waals surface area contributed by atoms with E-state index in [0.29, 0.717) is 33.4 Å². The lowest BCUT2D eigenvalue weighted by molar-refractivity contribution is -0.274. The molecule has 5 nitrogen and oxygen atoms in total. The lowest BCUT2D eigenvalue weighted by Crippen LogP contribution is -2.17.